The number of fused-ring (bicyclic) bond motifs is 3. The molecule has 0 spiro atoms. The van der Waals surface area contributed by atoms with Crippen molar-refractivity contribution < 1.29 is 0 Å². The van der Waals surface area contributed by atoms with Crippen LogP contribution in [0.2, 0.25) is 0 Å². The molecule has 0 aromatic carbocycles. The third-order valence-corrected chi connectivity index (χ3v) is 4.87. The molecule has 0 amide bonds. The predicted octanol–water partition coefficient (Wildman–Crippen LogP) is 5.09. The molecule has 4 fully saturated rings. The minimum Gasteiger partial charge on any atom is -0.316 e. The molecule has 4 atom stereocenters. The summed E-state index contributed by atoms with van der Waals surface area (Å²) in [5.41, 5.74) is 0. The highest BCUT2D eigenvalue weighted by Gasteiger charge is 2.31. The molecule has 138 valence electrons. The van der Waals surface area contributed by atoms with E-state index in [-0.39, 0.29) is 0 Å². The van der Waals surface area contributed by atoms with Crippen LogP contribution in [-0.4, -0.2) is 25.7 Å². The van der Waals surface area contributed by atoms with Gasteiger partial charge >= 0.3 is 0 Å². The highest BCUT2D eigenvalue weighted by atomic mass is 15.0. The van der Waals surface area contributed by atoms with Crippen LogP contribution in [-0.2, 0) is 0 Å². The maximum absolute atomic E-state index is 3.46. The van der Waals surface area contributed by atoms with E-state index in [1.807, 2.05) is 0 Å². The molecule has 2 saturated heterocycles. The van der Waals surface area contributed by atoms with Crippen LogP contribution in [0.5, 0.6) is 0 Å². The zero-order valence-corrected chi connectivity index (χ0v) is 16.8. The highest BCUT2D eigenvalue weighted by molar-refractivity contribution is 4.88. The number of rotatable bonds is 0. The molecule has 2 heterocycles. The van der Waals surface area contributed by atoms with E-state index in [1.54, 1.807) is 0 Å². The Balaban J connectivity index is 0.000000163. The lowest BCUT2D eigenvalue weighted by atomic mass is 10.0. The quantitative estimate of drug-likeness (QED) is 0.648. The summed E-state index contributed by atoms with van der Waals surface area (Å²) in [5, 5.41) is 6.88. The van der Waals surface area contributed by atoms with Gasteiger partial charge in [0.25, 0.3) is 0 Å². The van der Waals surface area contributed by atoms with Crippen molar-refractivity contribution in [1.82, 2.24) is 10.6 Å². The van der Waals surface area contributed by atoms with Crippen molar-refractivity contribution in [2.75, 3.05) is 19.6 Å². The Morgan fingerprint density at radius 1 is 0.696 bits per heavy atom. The van der Waals surface area contributed by atoms with E-state index < -0.39 is 0 Å². The van der Waals surface area contributed by atoms with Gasteiger partial charge in [-0.25, -0.2) is 0 Å². The molecular formula is C21H44N2. The Kier molecular flexibility index (Phi) is 10.5. The summed E-state index contributed by atoms with van der Waals surface area (Å²) >= 11 is 0. The van der Waals surface area contributed by atoms with Gasteiger partial charge in [-0.05, 0) is 81.3 Å². The van der Waals surface area contributed by atoms with Crippen LogP contribution in [0.25, 0.3) is 0 Å². The largest absolute Gasteiger partial charge is 0.316 e. The third-order valence-electron chi connectivity index (χ3n) is 4.87. The maximum atomic E-state index is 3.46. The molecule has 2 aliphatic heterocycles. The normalized spacial score (nSPS) is 33.4. The molecule has 0 aromatic heterocycles. The third kappa shape index (κ3) is 9.72. The van der Waals surface area contributed by atoms with Crippen LogP contribution in [0.1, 0.15) is 80.1 Å². The molecule has 1 unspecified atom stereocenters. The van der Waals surface area contributed by atoms with Crippen molar-refractivity contribution in [3.63, 3.8) is 0 Å². The average molecular weight is 325 g/mol. The molecule has 2 nitrogen and oxygen atoms in total. The van der Waals surface area contributed by atoms with Gasteiger partial charge in [-0.3, -0.25) is 0 Å². The summed E-state index contributed by atoms with van der Waals surface area (Å²) in [4.78, 5) is 0. The first-order valence-electron chi connectivity index (χ1n) is 10.3. The minimum absolute atomic E-state index is 0.833. The summed E-state index contributed by atoms with van der Waals surface area (Å²) in [6.07, 6.45) is 8.91. The Labute approximate surface area is 146 Å². The van der Waals surface area contributed by atoms with Gasteiger partial charge in [-0.2, -0.15) is 0 Å². The van der Waals surface area contributed by atoms with Crippen LogP contribution < -0.4 is 10.6 Å². The second-order valence-electron chi connectivity index (χ2n) is 9.36. The summed E-state index contributed by atoms with van der Waals surface area (Å²) < 4.78 is 0. The second kappa shape index (κ2) is 11.5. The Hall–Kier alpha value is -0.0800. The number of hydrogen-bond acceptors (Lipinski definition) is 2. The van der Waals surface area contributed by atoms with Crippen LogP contribution >= 0.6 is 0 Å². The maximum Gasteiger partial charge on any atom is 0.00704 e. The van der Waals surface area contributed by atoms with Crippen LogP contribution in [0.15, 0.2) is 0 Å². The first-order valence-corrected chi connectivity index (χ1v) is 10.3. The fourth-order valence-corrected chi connectivity index (χ4v) is 3.88. The molecule has 2 aliphatic carbocycles. The summed E-state index contributed by atoms with van der Waals surface area (Å²) in [7, 11) is 0. The lowest BCUT2D eigenvalue weighted by Gasteiger charge is -2.08. The van der Waals surface area contributed by atoms with Gasteiger partial charge in [-0.1, -0.05) is 48.0 Å². The van der Waals surface area contributed by atoms with Crippen molar-refractivity contribution in [1.29, 1.82) is 0 Å². The molecule has 0 aromatic rings. The van der Waals surface area contributed by atoms with Crippen molar-refractivity contribution in [2.24, 2.45) is 29.6 Å². The summed E-state index contributed by atoms with van der Waals surface area (Å²) in [6.45, 7) is 16.9. The van der Waals surface area contributed by atoms with E-state index in [0.717, 1.165) is 35.6 Å². The van der Waals surface area contributed by atoms with Crippen molar-refractivity contribution in [3.05, 3.63) is 0 Å². The molecular weight excluding hydrogens is 280 g/mol. The molecule has 2 heteroatoms. The van der Waals surface area contributed by atoms with E-state index in [0.29, 0.717) is 0 Å². The van der Waals surface area contributed by atoms with E-state index in [4.69, 9.17) is 0 Å². The van der Waals surface area contributed by atoms with Gasteiger partial charge < -0.3 is 10.6 Å². The monoisotopic (exact) mass is 324 g/mol. The standard InChI is InChI=1S/C7H13N.C6H11N.2C4H10/c1-2-6-4-8-5-7(6)3-1;1-2-6-3-5(1)4-7-6;2*1-4(2)3/h6-8H,1-5H2;5-7H,1-4H2;2*4H,1-3H3/t6-,7+;5-,6?;;/m.0../s1. The number of piperidine rings is 1. The van der Waals surface area contributed by atoms with E-state index in [9.17, 15) is 0 Å². The van der Waals surface area contributed by atoms with Crippen LogP contribution in [0, 0.1) is 29.6 Å². The predicted molar refractivity (Wildman–Crippen MR) is 104 cm³/mol. The summed E-state index contributed by atoms with van der Waals surface area (Å²) in [6, 6.07) is 0.921. The molecule has 23 heavy (non-hydrogen) atoms. The van der Waals surface area contributed by atoms with Crippen LogP contribution in [0.4, 0.5) is 0 Å². The lowest BCUT2D eigenvalue weighted by molar-refractivity contribution is 0.494. The topological polar surface area (TPSA) is 24.1 Å². The lowest BCUT2D eigenvalue weighted by Crippen LogP contribution is -2.23. The second-order valence-corrected chi connectivity index (χ2v) is 9.36. The highest BCUT2D eigenvalue weighted by Crippen LogP contribution is 2.33. The van der Waals surface area contributed by atoms with E-state index in [2.05, 4.69) is 52.2 Å². The zero-order chi connectivity index (χ0) is 17.2. The van der Waals surface area contributed by atoms with Crippen molar-refractivity contribution >= 4 is 0 Å². The minimum atomic E-state index is 0.833. The zero-order valence-electron chi connectivity index (χ0n) is 16.8. The van der Waals surface area contributed by atoms with Gasteiger partial charge in [0.15, 0.2) is 0 Å². The Morgan fingerprint density at radius 2 is 1.22 bits per heavy atom. The molecule has 2 bridgehead atoms. The molecule has 4 rings (SSSR count). The number of nitrogens with one attached hydrogen (secondary N) is 2. The molecule has 4 aliphatic rings. The molecule has 0 radical (unpaired) electrons. The van der Waals surface area contributed by atoms with Gasteiger partial charge in [0.05, 0.1) is 0 Å². The fraction of sp³-hybridized carbons (Fsp3) is 1.00. The Bertz CT molecular complexity index is 238. The molecule has 2 N–H and O–H groups in total. The van der Waals surface area contributed by atoms with Gasteiger partial charge in [0.2, 0.25) is 0 Å². The van der Waals surface area contributed by atoms with Gasteiger partial charge in [0.1, 0.15) is 0 Å². The SMILES string of the molecule is C1C[C@@H]2CNC1C2.C1C[C@@H]2CNC[C@@H]2C1.CC(C)C.CC(C)C. The number of hydrogen-bond donors (Lipinski definition) is 2. The molecule has 2 saturated carbocycles. The van der Waals surface area contributed by atoms with Crippen molar-refractivity contribution in [3.8, 4) is 0 Å². The van der Waals surface area contributed by atoms with E-state index in [1.165, 1.54) is 58.2 Å². The fourth-order valence-electron chi connectivity index (χ4n) is 3.88. The average Bonchev–Trinajstić information content (AvgIpc) is 3.20. The van der Waals surface area contributed by atoms with Gasteiger partial charge in [-0.15, -0.1) is 0 Å². The summed E-state index contributed by atoms with van der Waals surface area (Å²) in [5.74, 6) is 4.86. The van der Waals surface area contributed by atoms with Gasteiger partial charge in [0, 0.05) is 6.04 Å². The first-order chi connectivity index (χ1) is 10.9. The Morgan fingerprint density at radius 3 is 1.48 bits per heavy atom. The van der Waals surface area contributed by atoms with Crippen molar-refractivity contribution in [2.45, 2.75) is 86.1 Å². The smallest absolute Gasteiger partial charge is 0.00704 e. The first kappa shape index (κ1) is 21.0. The van der Waals surface area contributed by atoms with Crippen LogP contribution in [0.3, 0.4) is 0 Å². The van der Waals surface area contributed by atoms with E-state index >= 15 is 0 Å².